The van der Waals surface area contributed by atoms with Gasteiger partial charge < -0.3 is 4.74 Å². The molecule has 9 heteroatoms. The second-order valence-corrected chi connectivity index (χ2v) is 8.27. The van der Waals surface area contributed by atoms with Gasteiger partial charge in [0, 0.05) is 41.4 Å². The van der Waals surface area contributed by atoms with Crippen molar-refractivity contribution in [1.82, 2.24) is 14.1 Å². The van der Waals surface area contributed by atoms with Gasteiger partial charge in [0.15, 0.2) is 0 Å². The van der Waals surface area contributed by atoms with Gasteiger partial charge in [0.05, 0.1) is 23.8 Å². The van der Waals surface area contributed by atoms with Crippen LogP contribution in [0.3, 0.4) is 0 Å². The lowest BCUT2D eigenvalue weighted by molar-refractivity contribution is -0.00260. The second kappa shape index (κ2) is 7.01. The Morgan fingerprint density at radius 3 is 2.62 bits per heavy atom. The van der Waals surface area contributed by atoms with E-state index in [1.807, 2.05) is 13.1 Å². The van der Waals surface area contributed by atoms with Crippen LogP contribution in [0.5, 0.6) is 0 Å². The molecular formula is C15H17Cl2N3O3S. The number of hydrogen-bond acceptors (Lipinski definition) is 4. The Labute approximate surface area is 151 Å². The Balaban J connectivity index is 1.85. The van der Waals surface area contributed by atoms with Crippen molar-refractivity contribution in [2.24, 2.45) is 0 Å². The van der Waals surface area contributed by atoms with Crippen LogP contribution < -0.4 is 0 Å². The Hall–Kier alpha value is -1.12. The van der Waals surface area contributed by atoms with Crippen molar-refractivity contribution < 1.29 is 13.2 Å². The molecule has 1 atom stereocenters. The van der Waals surface area contributed by atoms with Crippen LogP contribution in [0.15, 0.2) is 35.5 Å². The van der Waals surface area contributed by atoms with E-state index in [2.05, 4.69) is 5.10 Å². The number of benzene rings is 1. The standard InChI is InChI=1S/C15H17Cl2N3O3S/c1-2-19-9-11(8-18-19)15-10-20(3-4-23-15)24(21,22)14-6-12(16)5-13(17)7-14/h5-9,15H,2-4,10H2,1H3/t15-/m1/s1. The van der Waals surface area contributed by atoms with Crippen molar-refractivity contribution in [3.8, 4) is 0 Å². The molecule has 0 bridgehead atoms. The monoisotopic (exact) mass is 389 g/mol. The van der Waals surface area contributed by atoms with Gasteiger partial charge in [-0.25, -0.2) is 8.42 Å². The van der Waals surface area contributed by atoms with Crippen LogP contribution in [-0.2, 0) is 21.3 Å². The minimum atomic E-state index is -3.69. The lowest BCUT2D eigenvalue weighted by Crippen LogP contribution is -2.42. The van der Waals surface area contributed by atoms with Gasteiger partial charge in [-0.2, -0.15) is 9.40 Å². The lowest BCUT2D eigenvalue weighted by Gasteiger charge is -2.31. The molecule has 1 aliphatic rings. The molecule has 2 heterocycles. The summed E-state index contributed by atoms with van der Waals surface area (Å²) in [4.78, 5) is 0.0879. The van der Waals surface area contributed by atoms with Crippen molar-refractivity contribution >= 4 is 33.2 Å². The molecule has 6 nitrogen and oxygen atoms in total. The summed E-state index contributed by atoms with van der Waals surface area (Å²) in [6.07, 6.45) is 3.24. The van der Waals surface area contributed by atoms with Gasteiger partial charge in [-0.05, 0) is 25.1 Å². The SMILES string of the molecule is CCn1cc([C@H]2CN(S(=O)(=O)c3cc(Cl)cc(Cl)c3)CCO2)cn1. The van der Waals surface area contributed by atoms with E-state index in [9.17, 15) is 8.42 Å². The highest BCUT2D eigenvalue weighted by molar-refractivity contribution is 7.89. The van der Waals surface area contributed by atoms with Crippen molar-refractivity contribution in [2.45, 2.75) is 24.5 Å². The normalized spacial score (nSPS) is 19.5. The van der Waals surface area contributed by atoms with E-state index in [-0.39, 0.29) is 34.1 Å². The molecule has 24 heavy (non-hydrogen) atoms. The molecule has 0 unspecified atom stereocenters. The van der Waals surface area contributed by atoms with E-state index < -0.39 is 10.0 Å². The summed E-state index contributed by atoms with van der Waals surface area (Å²) in [5.74, 6) is 0. The van der Waals surface area contributed by atoms with Crippen LogP contribution in [0.4, 0.5) is 0 Å². The van der Waals surface area contributed by atoms with E-state index in [0.717, 1.165) is 12.1 Å². The maximum atomic E-state index is 12.9. The topological polar surface area (TPSA) is 64.4 Å². The van der Waals surface area contributed by atoms with Gasteiger partial charge in [-0.3, -0.25) is 4.68 Å². The molecule has 3 rings (SSSR count). The third-order valence-corrected chi connectivity index (χ3v) is 6.13. The maximum absolute atomic E-state index is 12.9. The molecule has 0 spiro atoms. The van der Waals surface area contributed by atoms with E-state index >= 15 is 0 Å². The minimum absolute atomic E-state index is 0.0879. The largest absolute Gasteiger partial charge is 0.371 e. The maximum Gasteiger partial charge on any atom is 0.243 e. The van der Waals surface area contributed by atoms with Crippen molar-refractivity contribution in [3.05, 3.63) is 46.2 Å². The summed E-state index contributed by atoms with van der Waals surface area (Å²) in [5, 5.41) is 4.79. The van der Waals surface area contributed by atoms with Gasteiger partial charge in [0.1, 0.15) is 0 Å². The van der Waals surface area contributed by atoms with Crippen LogP contribution >= 0.6 is 23.2 Å². The lowest BCUT2D eigenvalue weighted by atomic mass is 10.2. The third kappa shape index (κ3) is 3.60. The fourth-order valence-corrected chi connectivity index (χ4v) is 4.74. The number of nitrogens with zero attached hydrogens (tertiary/aromatic N) is 3. The molecule has 1 saturated heterocycles. The van der Waals surface area contributed by atoms with Crippen LogP contribution in [-0.4, -0.2) is 42.2 Å². The fourth-order valence-electron chi connectivity index (χ4n) is 2.59. The molecule has 1 fully saturated rings. The predicted octanol–water partition coefficient (Wildman–Crippen LogP) is 2.97. The molecule has 0 saturated carbocycles. The number of rotatable bonds is 4. The first-order valence-electron chi connectivity index (χ1n) is 7.50. The first kappa shape index (κ1) is 17.7. The van der Waals surface area contributed by atoms with Crippen molar-refractivity contribution in [2.75, 3.05) is 19.7 Å². The Morgan fingerprint density at radius 1 is 1.29 bits per heavy atom. The van der Waals surface area contributed by atoms with Crippen LogP contribution in [0.2, 0.25) is 10.0 Å². The summed E-state index contributed by atoms with van der Waals surface area (Å²) in [6.45, 7) is 3.55. The second-order valence-electron chi connectivity index (χ2n) is 5.46. The minimum Gasteiger partial charge on any atom is -0.371 e. The van der Waals surface area contributed by atoms with Gasteiger partial charge in [-0.15, -0.1) is 0 Å². The van der Waals surface area contributed by atoms with Crippen molar-refractivity contribution in [3.63, 3.8) is 0 Å². The molecule has 1 aliphatic heterocycles. The summed E-state index contributed by atoms with van der Waals surface area (Å²) in [6, 6.07) is 4.31. The quantitative estimate of drug-likeness (QED) is 0.805. The predicted molar refractivity (Wildman–Crippen MR) is 91.8 cm³/mol. The number of ether oxygens (including phenoxy) is 1. The number of aromatic nitrogens is 2. The Bertz CT molecular complexity index is 818. The number of morpholine rings is 1. The molecule has 0 amide bonds. The fraction of sp³-hybridized carbons (Fsp3) is 0.400. The smallest absolute Gasteiger partial charge is 0.243 e. The molecule has 130 valence electrons. The van der Waals surface area contributed by atoms with Gasteiger partial charge in [-0.1, -0.05) is 23.2 Å². The van der Waals surface area contributed by atoms with Crippen molar-refractivity contribution in [1.29, 1.82) is 0 Å². The Morgan fingerprint density at radius 2 is 2.00 bits per heavy atom. The number of hydrogen-bond donors (Lipinski definition) is 0. The zero-order chi connectivity index (χ0) is 17.3. The van der Waals surface area contributed by atoms with E-state index in [0.29, 0.717) is 6.61 Å². The molecule has 0 radical (unpaired) electrons. The van der Waals surface area contributed by atoms with Crippen LogP contribution in [0, 0.1) is 0 Å². The van der Waals surface area contributed by atoms with Gasteiger partial charge in [0.2, 0.25) is 10.0 Å². The van der Waals surface area contributed by atoms with E-state index in [1.54, 1.807) is 10.9 Å². The highest BCUT2D eigenvalue weighted by Gasteiger charge is 2.32. The summed E-state index contributed by atoms with van der Waals surface area (Å²) in [5.41, 5.74) is 0.862. The molecule has 2 aromatic rings. The first-order chi connectivity index (χ1) is 11.4. The number of halogens is 2. The highest BCUT2D eigenvalue weighted by atomic mass is 35.5. The first-order valence-corrected chi connectivity index (χ1v) is 9.70. The van der Waals surface area contributed by atoms with Crippen LogP contribution in [0.25, 0.3) is 0 Å². The summed E-state index contributed by atoms with van der Waals surface area (Å²) < 4.78 is 34.6. The zero-order valence-electron chi connectivity index (χ0n) is 13.0. The average molecular weight is 390 g/mol. The number of sulfonamides is 1. The molecular weight excluding hydrogens is 373 g/mol. The third-order valence-electron chi connectivity index (χ3n) is 3.85. The van der Waals surface area contributed by atoms with Crippen LogP contribution in [0.1, 0.15) is 18.6 Å². The zero-order valence-corrected chi connectivity index (χ0v) is 15.4. The number of aryl methyl sites for hydroxylation is 1. The molecule has 0 aliphatic carbocycles. The Kier molecular flexibility index (Phi) is 5.17. The van der Waals surface area contributed by atoms with Gasteiger partial charge >= 0.3 is 0 Å². The van der Waals surface area contributed by atoms with Gasteiger partial charge in [0.25, 0.3) is 0 Å². The summed E-state index contributed by atoms with van der Waals surface area (Å²) in [7, 11) is -3.69. The highest BCUT2D eigenvalue weighted by Crippen LogP contribution is 2.29. The molecule has 1 aromatic carbocycles. The van der Waals surface area contributed by atoms with E-state index in [4.69, 9.17) is 27.9 Å². The average Bonchev–Trinajstić information content (AvgIpc) is 3.03. The molecule has 1 aromatic heterocycles. The van der Waals surface area contributed by atoms with E-state index in [1.165, 1.54) is 22.5 Å². The summed E-state index contributed by atoms with van der Waals surface area (Å²) >= 11 is 11.9. The molecule has 0 N–H and O–H groups in total.